The molecule has 0 saturated carbocycles. The van der Waals surface area contributed by atoms with Gasteiger partial charge in [0.1, 0.15) is 11.4 Å². The summed E-state index contributed by atoms with van der Waals surface area (Å²) < 4.78 is 0.712. The van der Waals surface area contributed by atoms with Crippen molar-refractivity contribution in [3.8, 4) is 28.7 Å². The first kappa shape index (κ1) is 14.1. The normalized spacial score (nSPS) is 10.6. The lowest BCUT2D eigenvalue weighted by molar-refractivity contribution is -0.384. The number of H-pyrrole nitrogens is 1. The molecule has 3 rings (SSSR count). The number of aromatic hydroxyl groups is 1. The molecule has 22 heavy (non-hydrogen) atoms. The minimum Gasteiger partial charge on any atom is -0.507 e. The van der Waals surface area contributed by atoms with Gasteiger partial charge in [-0.25, -0.2) is 4.98 Å². The number of hydrogen-bond donors (Lipinski definition) is 2. The first-order valence-corrected chi connectivity index (χ1v) is 6.86. The summed E-state index contributed by atoms with van der Waals surface area (Å²) in [6, 6.07) is 7.24. The number of nitro groups is 1. The highest BCUT2D eigenvalue weighted by Crippen LogP contribution is 2.31. The number of phenols is 1. The largest absolute Gasteiger partial charge is 0.507 e. The Morgan fingerprint density at radius 3 is 2.86 bits per heavy atom. The molecule has 0 bridgehead atoms. The summed E-state index contributed by atoms with van der Waals surface area (Å²) in [6.07, 6.45) is 1.60. The number of phenolic OH excluding ortho intramolecular Hbond substituents is 1. The summed E-state index contributed by atoms with van der Waals surface area (Å²) in [6.45, 7) is 0. The number of aromatic amines is 1. The number of rotatable bonds is 3. The van der Waals surface area contributed by atoms with Crippen LogP contribution in [0.25, 0.3) is 22.9 Å². The highest BCUT2D eigenvalue weighted by molar-refractivity contribution is 9.10. The molecule has 8 nitrogen and oxygen atoms in total. The van der Waals surface area contributed by atoms with Gasteiger partial charge in [0.05, 0.1) is 10.5 Å². The number of pyridine rings is 1. The van der Waals surface area contributed by atoms with Crippen molar-refractivity contribution in [3.05, 3.63) is 51.1 Å². The van der Waals surface area contributed by atoms with Gasteiger partial charge >= 0.3 is 0 Å². The molecule has 0 aliphatic carbocycles. The van der Waals surface area contributed by atoms with Crippen molar-refractivity contribution in [3.63, 3.8) is 0 Å². The molecule has 0 fully saturated rings. The number of aromatic nitrogens is 4. The van der Waals surface area contributed by atoms with Crippen LogP contribution in [0.4, 0.5) is 5.69 Å². The second-order valence-corrected chi connectivity index (χ2v) is 5.15. The molecule has 110 valence electrons. The highest BCUT2D eigenvalue weighted by Gasteiger charge is 2.17. The number of benzene rings is 1. The van der Waals surface area contributed by atoms with Gasteiger partial charge in [-0.05, 0) is 34.1 Å². The molecule has 0 saturated heterocycles. The molecule has 0 amide bonds. The summed E-state index contributed by atoms with van der Waals surface area (Å²) in [5.74, 6) is 0.399. The molecular formula is C13H8BrN5O3. The number of hydrogen-bond acceptors (Lipinski definition) is 6. The smallest absolute Gasteiger partial charge is 0.270 e. The Morgan fingerprint density at radius 1 is 1.32 bits per heavy atom. The minimum atomic E-state index is -0.546. The van der Waals surface area contributed by atoms with Crippen molar-refractivity contribution in [2.45, 2.75) is 0 Å². The fraction of sp³-hybridized carbons (Fsp3) is 0. The summed E-state index contributed by atoms with van der Waals surface area (Å²) in [5, 5.41) is 27.4. The van der Waals surface area contributed by atoms with Crippen molar-refractivity contribution in [2.24, 2.45) is 0 Å². The topological polar surface area (TPSA) is 118 Å². The maximum atomic E-state index is 10.8. The molecule has 2 heterocycles. The number of halogens is 1. The van der Waals surface area contributed by atoms with Crippen LogP contribution in [0, 0.1) is 10.1 Å². The van der Waals surface area contributed by atoms with E-state index in [2.05, 4.69) is 36.1 Å². The van der Waals surface area contributed by atoms with E-state index in [1.165, 1.54) is 18.2 Å². The first-order valence-electron chi connectivity index (χ1n) is 6.07. The van der Waals surface area contributed by atoms with E-state index >= 15 is 0 Å². The predicted molar refractivity (Wildman–Crippen MR) is 81.1 cm³/mol. The maximum Gasteiger partial charge on any atom is 0.270 e. The molecule has 0 atom stereocenters. The molecule has 2 aromatic heterocycles. The van der Waals surface area contributed by atoms with Gasteiger partial charge in [-0.2, -0.15) is 5.10 Å². The zero-order valence-electron chi connectivity index (χ0n) is 10.9. The fourth-order valence-electron chi connectivity index (χ4n) is 1.87. The van der Waals surface area contributed by atoms with Crippen LogP contribution in [0.2, 0.25) is 0 Å². The van der Waals surface area contributed by atoms with Gasteiger partial charge in [0, 0.05) is 22.8 Å². The van der Waals surface area contributed by atoms with E-state index in [9.17, 15) is 15.2 Å². The van der Waals surface area contributed by atoms with Crippen LogP contribution < -0.4 is 0 Å². The monoisotopic (exact) mass is 361 g/mol. The summed E-state index contributed by atoms with van der Waals surface area (Å²) >= 11 is 3.35. The second-order valence-electron chi connectivity index (χ2n) is 4.30. The second kappa shape index (κ2) is 5.53. The number of nitrogens with one attached hydrogen (secondary N) is 1. The molecule has 9 heteroatoms. The van der Waals surface area contributed by atoms with Gasteiger partial charge < -0.3 is 5.11 Å². The van der Waals surface area contributed by atoms with Gasteiger partial charge in [0.25, 0.3) is 5.69 Å². The third kappa shape index (κ3) is 2.53. The molecule has 0 unspecified atom stereocenters. The van der Waals surface area contributed by atoms with E-state index in [4.69, 9.17) is 0 Å². The Hall–Kier alpha value is -2.81. The average molecular weight is 362 g/mol. The quantitative estimate of drug-likeness (QED) is 0.546. The summed E-state index contributed by atoms with van der Waals surface area (Å²) in [7, 11) is 0. The van der Waals surface area contributed by atoms with Gasteiger partial charge in [-0.1, -0.05) is 0 Å². The summed E-state index contributed by atoms with van der Waals surface area (Å²) in [5.41, 5.74) is 0.569. The molecule has 0 aliphatic rings. The fourth-order valence-corrected chi connectivity index (χ4v) is 2.30. The molecule has 0 radical (unpaired) electrons. The Morgan fingerprint density at radius 2 is 2.14 bits per heavy atom. The van der Waals surface area contributed by atoms with E-state index in [-0.39, 0.29) is 22.8 Å². The zero-order chi connectivity index (χ0) is 15.7. The minimum absolute atomic E-state index is 0.131. The van der Waals surface area contributed by atoms with Crippen molar-refractivity contribution < 1.29 is 10.0 Å². The lowest BCUT2D eigenvalue weighted by atomic mass is 10.1. The first-order chi connectivity index (χ1) is 10.6. The van der Waals surface area contributed by atoms with Crippen LogP contribution in [0.3, 0.4) is 0 Å². The van der Waals surface area contributed by atoms with Crippen molar-refractivity contribution >= 4 is 21.6 Å². The molecule has 1 aromatic carbocycles. The molecular weight excluding hydrogens is 354 g/mol. The van der Waals surface area contributed by atoms with E-state index in [0.717, 1.165) is 0 Å². The van der Waals surface area contributed by atoms with Crippen molar-refractivity contribution in [1.82, 2.24) is 20.2 Å². The number of nitrogens with zero attached hydrogens (tertiary/aromatic N) is 4. The van der Waals surface area contributed by atoms with E-state index in [0.29, 0.717) is 16.0 Å². The highest BCUT2D eigenvalue weighted by atomic mass is 79.9. The predicted octanol–water partition coefficient (Wildman–Crippen LogP) is 2.91. The third-order valence-corrected chi connectivity index (χ3v) is 3.54. The van der Waals surface area contributed by atoms with Crippen LogP contribution in [0.15, 0.2) is 41.0 Å². The molecule has 0 spiro atoms. The number of non-ortho nitro benzene ring substituents is 1. The van der Waals surface area contributed by atoms with Crippen LogP contribution in [-0.2, 0) is 0 Å². The Labute approximate surface area is 132 Å². The lowest BCUT2D eigenvalue weighted by Gasteiger charge is -2.00. The van der Waals surface area contributed by atoms with Gasteiger partial charge in [0.15, 0.2) is 5.82 Å². The lowest BCUT2D eigenvalue weighted by Crippen LogP contribution is -1.90. The molecule has 3 aromatic rings. The van der Waals surface area contributed by atoms with Crippen molar-refractivity contribution in [1.29, 1.82) is 0 Å². The Balaban J connectivity index is 2.06. The van der Waals surface area contributed by atoms with Crippen LogP contribution in [0.1, 0.15) is 0 Å². The van der Waals surface area contributed by atoms with Crippen molar-refractivity contribution in [2.75, 3.05) is 0 Å². The standard InChI is InChI=1S/C13H8BrN5O3/c14-9-2-1-5-15-11(9)13-16-12(17-18-13)8-6-7(19(21)22)3-4-10(8)20/h1-6,20H,(H,16,17,18). The Kier molecular flexibility index (Phi) is 3.55. The molecule has 0 aliphatic heterocycles. The zero-order valence-corrected chi connectivity index (χ0v) is 12.5. The Bertz CT molecular complexity index is 864. The van der Waals surface area contributed by atoms with Crippen LogP contribution in [-0.4, -0.2) is 30.2 Å². The maximum absolute atomic E-state index is 10.8. The molecule has 2 N–H and O–H groups in total. The van der Waals surface area contributed by atoms with Crippen LogP contribution in [0.5, 0.6) is 5.75 Å². The average Bonchev–Trinajstić information content (AvgIpc) is 2.97. The van der Waals surface area contributed by atoms with E-state index < -0.39 is 4.92 Å². The van der Waals surface area contributed by atoms with Gasteiger partial charge in [-0.3, -0.25) is 20.2 Å². The van der Waals surface area contributed by atoms with E-state index in [1.54, 1.807) is 18.3 Å². The van der Waals surface area contributed by atoms with Gasteiger partial charge in [0.2, 0.25) is 5.82 Å². The van der Waals surface area contributed by atoms with Gasteiger partial charge in [-0.15, -0.1) is 0 Å². The summed E-state index contributed by atoms with van der Waals surface area (Å²) in [4.78, 5) is 18.7. The third-order valence-electron chi connectivity index (χ3n) is 2.90. The van der Waals surface area contributed by atoms with Crippen LogP contribution >= 0.6 is 15.9 Å². The SMILES string of the molecule is O=[N+]([O-])c1ccc(O)c(-c2nc(-c3ncccc3Br)n[nH]2)c1. The van der Waals surface area contributed by atoms with E-state index in [1.807, 2.05) is 0 Å². The number of nitro benzene ring substituents is 1.